The van der Waals surface area contributed by atoms with E-state index in [1.807, 2.05) is 13.0 Å². The highest BCUT2D eigenvalue weighted by atomic mass is 32.2. The van der Waals surface area contributed by atoms with Crippen molar-refractivity contribution < 1.29 is 13.2 Å². The van der Waals surface area contributed by atoms with Crippen molar-refractivity contribution in [3.05, 3.63) is 29.3 Å². The van der Waals surface area contributed by atoms with Crippen molar-refractivity contribution in [3.8, 4) is 0 Å². The number of rotatable bonds is 2. The largest absolute Gasteiger partial charge is 0.300 e. The second-order valence-electron chi connectivity index (χ2n) is 4.72. The quantitative estimate of drug-likeness (QED) is 0.810. The van der Waals surface area contributed by atoms with Gasteiger partial charge in [-0.2, -0.15) is 0 Å². The summed E-state index contributed by atoms with van der Waals surface area (Å²) < 4.78 is 24.7. The van der Waals surface area contributed by atoms with Gasteiger partial charge in [0.15, 0.2) is 9.84 Å². The molecule has 0 saturated heterocycles. The molecular formula is C13H16O3S. The van der Waals surface area contributed by atoms with Crippen LogP contribution in [-0.4, -0.2) is 19.5 Å². The van der Waals surface area contributed by atoms with Crippen molar-refractivity contribution in [3.63, 3.8) is 0 Å². The zero-order chi connectivity index (χ0) is 12.6. The molecule has 1 atom stereocenters. The fourth-order valence-corrected chi connectivity index (χ4v) is 4.30. The van der Waals surface area contributed by atoms with E-state index in [2.05, 4.69) is 0 Å². The van der Waals surface area contributed by atoms with Crippen LogP contribution in [-0.2, 0) is 14.6 Å². The molecule has 0 spiro atoms. The van der Waals surface area contributed by atoms with Gasteiger partial charge in [0.05, 0.1) is 10.1 Å². The molecule has 1 unspecified atom stereocenters. The van der Waals surface area contributed by atoms with Crippen LogP contribution in [0, 0.1) is 13.8 Å². The molecule has 17 heavy (non-hydrogen) atoms. The predicted octanol–water partition coefficient (Wildman–Crippen LogP) is 2.20. The molecule has 0 N–H and O–H groups in total. The summed E-state index contributed by atoms with van der Waals surface area (Å²) >= 11 is 0. The van der Waals surface area contributed by atoms with Gasteiger partial charge in [0, 0.05) is 12.8 Å². The van der Waals surface area contributed by atoms with Crippen LogP contribution in [0.25, 0.3) is 0 Å². The number of hydrogen-bond donors (Lipinski definition) is 0. The van der Waals surface area contributed by atoms with Crippen LogP contribution >= 0.6 is 0 Å². The molecular weight excluding hydrogens is 236 g/mol. The first-order chi connectivity index (χ1) is 7.91. The van der Waals surface area contributed by atoms with Crippen LogP contribution in [0.1, 0.15) is 30.4 Å². The summed E-state index contributed by atoms with van der Waals surface area (Å²) in [6.45, 7) is 3.74. The van der Waals surface area contributed by atoms with E-state index in [4.69, 9.17) is 0 Å². The number of carbonyl (C=O) groups is 1. The van der Waals surface area contributed by atoms with Crippen LogP contribution in [0.4, 0.5) is 0 Å². The van der Waals surface area contributed by atoms with Crippen molar-refractivity contribution in [2.75, 3.05) is 0 Å². The van der Waals surface area contributed by atoms with Crippen molar-refractivity contribution in [1.29, 1.82) is 0 Å². The topological polar surface area (TPSA) is 51.2 Å². The maximum atomic E-state index is 12.4. The summed E-state index contributed by atoms with van der Waals surface area (Å²) in [5.74, 6) is 0.0586. The van der Waals surface area contributed by atoms with E-state index in [0.717, 1.165) is 11.1 Å². The highest BCUT2D eigenvalue weighted by molar-refractivity contribution is 7.92. The predicted molar refractivity (Wildman–Crippen MR) is 65.7 cm³/mol. The van der Waals surface area contributed by atoms with Crippen LogP contribution in [0.2, 0.25) is 0 Å². The summed E-state index contributed by atoms with van der Waals surface area (Å²) in [6.07, 6.45) is 1.04. The summed E-state index contributed by atoms with van der Waals surface area (Å²) in [5, 5.41) is -0.517. The van der Waals surface area contributed by atoms with Crippen molar-refractivity contribution in [2.45, 2.75) is 43.3 Å². The Balaban J connectivity index is 2.41. The van der Waals surface area contributed by atoms with Crippen molar-refractivity contribution in [2.24, 2.45) is 0 Å². The Morgan fingerprint density at radius 3 is 2.47 bits per heavy atom. The van der Waals surface area contributed by atoms with Crippen LogP contribution in [0.3, 0.4) is 0 Å². The molecule has 1 saturated carbocycles. The maximum Gasteiger partial charge on any atom is 0.181 e. The van der Waals surface area contributed by atoms with E-state index in [0.29, 0.717) is 17.7 Å². The monoisotopic (exact) mass is 252 g/mol. The van der Waals surface area contributed by atoms with E-state index in [1.165, 1.54) is 0 Å². The van der Waals surface area contributed by atoms with E-state index in [1.54, 1.807) is 19.1 Å². The molecule has 0 heterocycles. The Morgan fingerprint density at radius 2 is 1.94 bits per heavy atom. The van der Waals surface area contributed by atoms with Crippen molar-refractivity contribution >= 4 is 15.6 Å². The Hall–Kier alpha value is -1.16. The second kappa shape index (κ2) is 4.26. The van der Waals surface area contributed by atoms with Gasteiger partial charge >= 0.3 is 0 Å². The molecule has 92 valence electrons. The Morgan fingerprint density at radius 1 is 1.24 bits per heavy atom. The second-order valence-corrected chi connectivity index (χ2v) is 6.91. The van der Waals surface area contributed by atoms with Gasteiger partial charge in [-0.1, -0.05) is 17.7 Å². The number of sulfone groups is 1. The summed E-state index contributed by atoms with van der Waals surface area (Å²) in [5.41, 5.74) is 1.81. The third-order valence-corrected chi connectivity index (χ3v) is 5.63. The SMILES string of the molecule is Cc1ccc(S(=O)(=O)C2CCC(=O)C2)c(C)c1. The summed E-state index contributed by atoms with van der Waals surface area (Å²) in [7, 11) is -3.34. The summed E-state index contributed by atoms with van der Waals surface area (Å²) in [6, 6.07) is 5.32. The highest BCUT2D eigenvalue weighted by Crippen LogP contribution is 2.29. The molecule has 0 bridgehead atoms. The Kier molecular flexibility index (Phi) is 3.08. The lowest BCUT2D eigenvalue weighted by Crippen LogP contribution is -2.19. The number of benzene rings is 1. The zero-order valence-corrected chi connectivity index (χ0v) is 10.9. The van der Waals surface area contributed by atoms with Crippen LogP contribution in [0.15, 0.2) is 23.1 Å². The van der Waals surface area contributed by atoms with Gasteiger partial charge in [-0.3, -0.25) is 4.79 Å². The Labute approximate surface area is 102 Å². The molecule has 0 aromatic heterocycles. The molecule has 3 nitrogen and oxygen atoms in total. The minimum Gasteiger partial charge on any atom is -0.300 e. The first kappa shape index (κ1) is 12.3. The zero-order valence-electron chi connectivity index (χ0n) is 10.1. The average molecular weight is 252 g/mol. The third-order valence-electron chi connectivity index (χ3n) is 3.28. The standard InChI is InChI=1S/C13H16O3S/c1-9-3-6-13(10(2)7-9)17(15,16)12-5-4-11(14)8-12/h3,6-7,12H,4-5,8H2,1-2H3. The van der Waals surface area contributed by atoms with Gasteiger partial charge < -0.3 is 0 Å². The van der Waals surface area contributed by atoms with E-state index in [-0.39, 0.29) is 12.2 Å². The molecule has 1 aromatic rings. The lowest BCUT2D eigenvalue weighted by atomic mass is 10.2. The molecule has 1 aromatic carbocycles. The lowest BCUT2D eigenvalue weighted by Gasteiger charge is -2.13. The molecule has 0 amide bonds. The van der Waals surface area contributed by atoms with E-state index < -0.39 is 15.1 Å². The molecule has 2 rings (SSSR count). The first-order valence-electron chi connectivity index (χ1n) is 5.74. The number of carbonyl (C=O) groups excluding carboxylic acids is 1. The average Bonchev–Trinajstić information content (AvgIpc) is 2.64. The molecule has 1 aliphatic rings. The van der Waals surface area contributed by atoms with Gasteiger partial charge in [0.25, 0.3) is 0 Å². The van der Waals surface area contributed by atoms with Gasteiger partial charge in [0.1, 0.15) is 5.78 Å². The highest BCUT2D eigenvalue weighted by Gasteiger charge is 2.34. The minimum atomic E-state index is -3.34. The molecule has 0 aliphatic heterocycles. The van der Waals surface area contributed by atoms with Gasteiger partial charge in [-0.25, -0.2) is 8.42 Å². The van der Waals surface area contributed by atoms with Gasteiger partial charge in [-0.15, -0.1) is 0 Å². The van der Waals surface area contributed by atoms with Gasteiger partial charge in [-0.05, 0) is 31.9 Å². The number of aryl methyl sites for hydroxylation is 2. The number of hydrogen-bond acceptors (Lipinski definition) is 3. The molecule has 0 radical (unpaired) electrons. The molecule has 1 aliphatic carbocycles. The van der Waals surface area contributed by atoms with Crippen molar-refractivity contribution in [1.82, 2.24) is 0 Å². The maximum absolute atomic E-state index is 12.4. The molecule has 4 heteroatoms. The van der Waals surface area contributed by atoms with E-state index in [9.17, 15) is 13.2 Å². The fourth-order valence-electron chi connectivity index (χ4n) is 2.34. The fraction of sp³-hybridized carbons (Fsp3) is 0.462. The summed E-state index contributed by atoms with van der Waals surface area (Å²) in [4.78, 5) is 11.6. The normalized spacial score (nSPS) is 20.8. The lowest BCUT2D eigenvalue weighted by molar-refractivity contribution is -0.117. The van der Waals surface area contributed by atoms with Crippen LogP contribution in [0.5, 0.6) is 0 Å². The van der Waals surface area contributed by atoms with Gasteiger partial charge in [0.2, 0.25) is 0 Å². The smallest absolute Gasteiger partial charge is 0.181 e. The third kappa shape index (κ3) is 2.27. The molecule has 1 fully saturated rings. The number of ketones is 1. The Bertz CT molecular complexity index is 558. The minimum absolute atomic E-state index is 0.0586. The van der Waals surface area contributed by atoms with E-state index >= 15 is 0 Å². The van der Waals surface area contributed by atoms with Crippen LogP contribution < -0.4 is 0 Å². The number of Topliss-reactive ketones (excluding diaryl/α,β-unsaturated/α-hetero) is 1. The first-order valence-corrected chi connectivity index (χ1v) is 7.29.